The first-order valence-corrected chi connectivity index (χ1v) is 4.65. The molecule has 0 fully saturated rings. The highest BCUT2D eigenvalue weighted by Crippen LogP contribution is 2.17. The van der Waals surface area contributed by atoms with Gasteiger partial charge >= 0.3 is 11.9 Å². The van der Waals surface area contributed by atoms with Gasteiger partial charge in [-0.25, -0.2) is 0 Å². The summed E-state index contributed by atoms with van der Waals surface area (Å²) in [5, 5.41) is 0. The van der Waals surface area contributed by atoms with Crippen LogP contribution in [-0.2, 0) is 19.1 Å². The van der Waals surface area contributed by atoms with E-state index in [2.05, 4.69) is 0 Å². The molecule has 0 aromatic rings. The molecule has 0 N–H and O–H groups in total. The van der Waals surface area contributed by atoms with Crippen LogP contribution < -0.4 is 0 Å². The summed E-state index contributed by atoms with van der Waals surface area (Å²) in [5.74, 6) is -0.816. The minimum atomic E-state index is -0.765. The lowest BCUT2D eigenvalue weighted by molar-refractivity contribution is -0.192. The van der Waals surface area contributed by atoms with E-state index in [1.807, 2.05) is 0 Å². The molecular weight excluding hydrogens is 184 g/mol. The van der Waals surface area contributed by atoms with Gasteiger partial charge < -0.3 is 9.47 Å². The highest BCUT2D eigenvalue weighted by atomic mass is 16.7. The standard InChI is InChI=1S/C10H18O4/c1-6-8(13-7(2)11)14-9(12)10(3,4)5/h8H,6H2,1-5H3. The zero-order valence-corrected chi connectivity index (χ0v) is 9.42. The third-order valence-corrected chi connectivity index (χ3v) is 1.48. The monoisotopic (exact) mass is 202 g/mol. The fourth-order valence-corrected chi connectivity index (χ4v) is 0.672. The smallest absolute Gasteiger partial charge is 0.314 e. The SMILES string of the molecule is CCC(OC(C)=O)OC(=O)C(C)(C)C. The van der Waals surface area contributed by atoms with Crippen molar-refractivity contribution in [2.75, 3.05) is 0 Å². The number of ether oxygens (including phenoxy) is 2. The normalized spacial score (nSPS) is 13.2. The molecular formula is C10H18O4. The summed E-state index contributed by atoms with van der Waals surface area (Å²) in [6.07, 6.45) is -0.305. The van der Waals surface area contributed by atoms with Crippen LogP contribution in [0.25, 0.3) is 0 Å². The van der Waals surface area contributed by atoms with Crippen molar-refractivity contribution >= 4 is 11.9 Å². The molecule has 0 heterocycles. The van der Waals surface area contributed by atoms with Crippen molar-refractivity contribution < 1.29 is 19.1 Å². The van der Waals surface area contributed by atoms with Crippen LogP contribution in [0.15, 0.2) is 0 Å². The number of rotatable bonds is 3. The lowest BCUT2D eigenvalue weighted by Gasteiger charge is -2.21. The Morgan fingerprint density at radius 3 is 2.00 bits per heavy atom. The topological polar surface area (TPSA) is 52.6 Å². The maximum Gasteiger partial charge on any atom is 0.314 e. The molecule has 0 aromatic heterocycles. The Hall–Kier alpha value is -1.06. The van der Waals surface area contributed by atoms with Crippen LogP contribution in [0.4, 0.5) is 0 Å². The van der Waals surface area contributed by atoms with E-state index in [1.54, 1.807) is 27.7 Å². The summed E-state index contributed by atoms with van der Waals surface area (Å²) in [6, 6.07) is 0. The minimum absolute atomic E-state index is 0.370. The van der Waals surface area contributed by atoms with Crippen LogP contribution in [0.2, 0.25) is 0 Å². The van der Waals surface area contributed by atoms with Gasteiger partial charge in [0.15, 0.2) is 0 Å². The van der Waals surface area contributed by atoms with E-state index < -0.39 is 17.7 Å². The number of carbonyl (C=O) groups is 2. The molecule has 0 radical (unpaired) electrons. The van der Waals surface area contributed by atoms with Gasteiger partial charge in [-0.3, -0.25) is 9.59 Å². The molecule has 14 heavy (non-hydrogen) atoms. The molecule has 1 atom stereocenters. The Kier molecular flexibility index (Phi) is 4.60. The van der Waals surface area contributed by atoms with Crippen molar-refractivity contribution in [3.63, 3.8) is 0 Å². The zero-order chi connectivity index (χ0) is 11.4. The second-order valence-corrected chi connectivity index (χ2v) is 4.10. The molecule has 0 saturated carbocycles. The van der Waals surface area contributed by atoms with Crippen LogP contribution in [0, 0.1) is 5.41 Å². The third-order valence-electron chi connectivity index (χ3n) is 1.48. The summed E-state index contributed by atoms with van der Waals surface area (Å²) < 4.78 is 9.78. The molecule has 1 unspecified atom stereocenters. The summed E-state index contributed by atoms with van der Waals surface area (Å²) in [5.41, 5.74) is -0.576. The molecule has 82 valence electrons. The molecule has 0 aromatic carbocycles. The number of carbonyl (C=O) groups excluding carboxylic acids is 2. The fraction of sp³-hybridized carbons (Fsp3) is 0.800. The van der Waals surface area contributed by atoms with Gasteiger partial charge in [0.05, 0.1) is 5.41 Å². The molecule has 0 bridgehead atoms. The molecule has 0 spiro atoms. The largest absolute Gasteiger partial charge is 0.425 e. The van der Waals surface area contributed by atoms with Gasteiger partial charge in [0.25, 0.3) is 0 Å². The maximum absolute atomic E-state index is 11.4. The number of hydrogen-bond donors (Lipinski definition) is 0. The predicted octanol–water partition coefficient (Wildman–Crippen LogP) is 1.87. The first kappa shape index (κ1) is 12.9. The van der Waals surface area contributed by atoms with Gasteiger partial charge in [-0.05, 0) is 20.8 Å². The summed E-state index contributed by atoms with van der Waals surface area (Å²) >= 11 is 0. The van der Waals surface area contributed by atoms with Crippen molar-refractivity contribution in [2.45, 2.75) is 47.3 Å². The van der Waals surface area contributed by atoms with Crippen molar-refractivity contribution in [1.82, 2.24) is 0 Å². The lowest BCUT2D eigenvalue weighted by Crippen LogP contribution is -2.30. The van der Waals surface area contributed by atoms with Gasteiger partial charge in [-0.15, -0.1) is 0 Å². The van der Waals surface area contributed by atoms with Crippen LogP contribution >= 0.6 is 0 Å². The van der Waals surface area contributed by atoms with Crippen molar-refractivity contribution in [2.24, 2.45) is 5.41 Å². The lowest BCUT2D eigenvalue weighted by atomic mass is 9.97. The fourth-order valence-electron chi connectivity index (χ4n) is 0.672. The van der Waals surface area contributed by atoms with Crippen LogP contribution in [-0.4, -0.2) is 18.2 Å². The van der Waals surface area contributed by atoms with Crippen molar-refractivity contribution in [3.05, 3.63) is 0 Å². The Labute approximate surface area is 84.6 Å². The highest BCUT2D eigenvalue weighted by Gasteiger charge is 2.26. The molecule has 0 aliphatic rings. The van der Waals surface area contributed by atoms with Gasteiger partial charge in [0, 0.05) is 13.3 Å². The second-order valence-electron chi connectivity index (χ2n) is 4.10. The molecule has 0 aliphatic carbocycles. The molecule has 0 amide bonds. The summed E-state index contributed by atoms with van der Waals surface area (Å²) in [4.78, 5) is 22.0. The van der Waals surface area contributed by atoms with Gasteiger partial charge in [-0.1, -0.05) is 6.92 Å². The zero-order valence-electron chi connectivity index (χ0n) is 9.42. The van der Waals surface area contributed by atoms with Crippen LogP contribution in [0.3, 0.4) is 0 Å². The van der Waals surface area contributed by atoms with E-state index in [9.17, 15) is 9.59 Å². The molecule has 4 nitrogen and oxygen atoms in total. The van der Waals surface area contributed by atoms with E-state index in [0.29, 0.717) is 6.42 Å². The van der Waals surface area contributed by atoms with Crippen molar-refractivity contribution in [3.8, 4) is 0 Å². The average Bonchev–Trinajstić information content (AvgIpc) is 2.00. The molecule has 0 saturated heterocycles. The van der Waals surface area contributed by atoms with E-state index in [1.165, 1.54) is 6.92 Å². The molecule has 0 aliphatic heterocycles. The predicted molar refractivity (Wildman–Crippen MR) is 51.4 cm³/mol. The first-order chi connectivity index (χ1) is 6.27. The van der Waals surface area contributed by atoms with Gasteiger partial charge in [0.2, 0.25) is 6.29 Å². The van der Waals surface area contributed by atoms with E-state index >= 15 is 0 Å². The minimum Gasteiger partial charge on any atom is -0.425 e. The Morgan fingerprint density at radius 1 is 1.21 bits per heavy atom. The van der Waals surface area contributed by atoms with Crippen LogP contribution in [0.1, 0.15) is 41.0 Å². The summed E-state index contributed by atoms with van der Waals surface area (Å²) in [7, 11) is 0. The van der Waals surface area contributed by atoms with E-state index in [0.717, 1.165) is 0 Å². The molecule has 0 rings (SSSR count). The Balaban J connectivity index is 4.19. The Morgan fingerprint density at radius 2 is 1.71 bits per heavy atom. The quantitative estimate of drug-likeness (QED) is 0.518. The maximum atomic E-state index is 11.4. The number of hydrogen-bond acceptors (Lipinski definition) is 4. The second kappa shape index (κ2) is 4.98. The van der Waals surface area contributed by atoms with Crippen LogP contribution in [0.5, 0.6) is 0 Å². The van der Waals surface area contributed by atoms with Gasteiger partial charge in [0.1, 0.15) is 0 Å². The Bertz CT molecular complexity index is 215. The molecule has 4 heteroatoms. The van der Waals surface area contributed by atoms with Crippen molar-refractivity contribution in [1.29, 1.82) is 0 Å². The van der Waals surface area contributed by atoms with E-state index in [-0.39, 0.29) is 5.97 Å². The average molecular weight is 202 g/mol. The van der Waals surface area contributed by atoms with E-state index in [4.69, 9.17) is 9.47 Å². The summed E-state index contributed by atoms with van der Waals surface area (Å²) in [6.45, 7) is 8.30. The highest BCUT2D eigenvalue weighted by molar-refractivity contribution is 5.75. The van der Waals surface area contributed by atoms with Gasteiger partial charge in [-0.2, -0.15) is 0 Å². The third kappa shape index (κ3) is 4.84. The number of esters is 2. The first-order valence-electron chi connectivity index (χ1n) is 4.65.